The number of aryl methyl sites for hydroxylation is 1. The highest BCUT2D eigenvalue weighted by Crippen LogP contribution is 2.23. The molecule has 0 unspecified atom stereocenters. The van der Waals surface area contributed by atoms with E-state index in [1.807, 2.05) is 6.92 Å². The van der Waals surface area contributed by atoms with Crippen molar-refractivity contribution in [3.8, 4) is 0 Å². The van der Waals surface area contributed by atoms with Crippen molar-refractivity contribution in [3.63, 3.8) is 0 Å². The molecule has 0 fully saturated rings. The van der Waals surface area contributed by atoms with Crippen molar-refractivity contribution < 1.29 is 28.3 Å². The smallest absolute Gasteiger partial charge is 0.338 e. The molecule has 0 saturated heterocycles. The second-order valence-corrected chi connectivity index (χ2v) is 7.61. The number of nitrogens with zero attached hydrogens (tertiary/aromatic N) is 1. The molecule has 0 aliphatic carbocycles. The summed E-state index contributed by atoms with van der Waals surface area (Å²) < 4.78 is 10.4. The van der Waals surface area contributed by atoms with E-state index in [4.69, 9.17) is 9.15 Å². The highest BCUT2D eigenvalue weighted by atomic mass is 16.5. The van der Waals surface area contributed by atoms with Crippen LogP contribution in [-0.4, -0.2) is 41.7 Å². The van der Waals surface area contributed by atoms with Gasteiger partial charge in [0.25, 0.3) is 17.7 Å². The number of hydrogen-bond acceptors (Lipinski definition) is 6. The van der Waals surface area contributed by atoms with E-state index in [0.29, 0.717) is 35.2 Å². The largest absolute Gasteiger partial charge is 0.462 e. The molecular formula is C25H22N2O6. The Morgan fingerprint density at radius 2 is 1.70 bits per heavy atom. The molecule has 2 aromatic carbocycles. The quantitative estimate of drug-likeness (QED) is 0.318. The molecule has 0 radical (unpaired) electrons. The van der Waals surface area contributed by atoms with E-state index in [2.05, 4.69) is 5.32 Å². The minimum atomic E-state index is -0.524. The van der Waals surface area contributed by atoms with Crippen molar-refractivity contribution in [3.05, 3.63) is 88.9 Å². The summed E-state index contributed by atoms with van der Waals surface area (Å²) in [6.07, 6.45) is 2.41. The van der Waals surface area contributed by atoms with Crippen LogP contribution in [0.15, 0.2) is 65.3 Å². The van der Waals surface area contributed by atoms with E-state index in [0.717, 1.165) is 5.56 Å². The Morgan fingerprint density at radius 3 is 2.36 bits per heavy atom. The average molecular weight is 446 g/mol. The first-order chi connectivity index (χ1) is 16.0. The molecule has 3 aromatic rings. The Morgan fingerprint density at radius 1 is 0.970 bits per heavy atom. The summed E-state index contributed by atoms with van der Waals surface area (Å²) in [6, 6.07) is 14.8. The van der Waals surface area contributed by atoms with Crippen LogP contribution in [0.3, 0.4) is 0 Å². The maximum absolute atomic E-state index is 12.4. The Labute approximate surface area is 190 Å². The molecule has 1 aliphatic rings. The van der Waals surface area contributed by atoms with Crippen molar-refractivity contribution in [2.75, 3.05) is 18.5 Å². The summed E-state index contributed by atoms with van der Waals surface area (Å²) in [5.41, 5.74) is 2.41. The van der Waals surface area contributed by atoms with Gasteiger partial charge in [-0.1, -0.05) is 18.2 Å². The molecule has 0 spiro atoms. The number of benzene rings is 2. The van der Waals surface area contributed by atoms with Crippen LogP contribution >= 0.6 is 0 Å². The summed E-state index contributed by atoms with van der Waals surface area (Å²) in [5.74, 6) is -1.36. The fourth-order valence-corrected chi connectivity index (χ4v) is 3.54. The summed E-state index contributed by atoms with van der Waals surface area (Å²) in [5, 5.41) is 2.72. The highest BCUT2D eigenvalue weighted by molar-refractivity contribution is 6.21. The lowest BCUT2D eigenvalue weighted by Crippen LogP contribution is -2.30. The number of unbranched alkanes of at least 4 members (excludes halogenated alkanes) is 1. The number of nitrogens with one attached hydrogen (secondary N) is 1. The zero-order chi connectivity index (χ0) is 23.4. The Kier molecular flexibility index (Phi) is 6.35. The predicted octanol–water partition coefficient (Wildman–Crippen LogP) is 4.07. The van der Waals surface area contributed by atoms with Gasteiger partial charge in [-0.25, -0.2) is 4.79 Å². The van der Waals surface area contributed by atoms with E-state index in [-0.39, 0.29) is 30.7 Å². The highest BCUT2D eigenvalue weighted by Gasteiger charge is 2.34. The predicted molar refractivity (Wildman–Crippen MR) is 119 cm³/mol. The molecule has 2 heterocycles. The van der Waals surface area contributed by atoms with Crippen LogP contribution in [0.2, 0.25) is 0 Å². The maximum Gasteiger partial charge on any atom is 0.338 e. The van der Waals surface area contributed by atoms with Gasteiger partial charge < -0.3 is 14.5 Å². The zero-order valence-corrected chi connectivity index (χ0v) is 18.0. The first-order valence-electron chi connectivity index (χ1n) is 10.5. The number of rotatable bonds is 8. The van der Waals surface area contributed by atoms with Gasteiger partial charge in [0.2, 0.25) is 0 Å². The third-order valence-corrected chi connectivity index (χ3v) is 5.35. The Balaban J connectivity index is 1.26. The van der Waals surface area contributed by atoms with Crippen molar-refractivity contribution in [2.24, 2.45) is 0 Å². The molecule has 3 amide bonds. The van der Waals surface area contributed by atoms with Gasteiger partial charge in [0.05, 0.1) is 29.6 Å². The van der Waals surface area contributed by atoms with E-state index in [9.17, 15) is 19.2 Å². The molecule has 1 N–H and O–H groups in total. The lowest BCUT2D eigenvalue weighted by atomic mass is 10.1. The number of hydrogen-bond donors (Lipinski definition) is 1. The molecule has 33 heavy (non-hydrogen) atoms. The Bertz CT molecular complexity index is 1180. The summed E-state index contributed by atoms with van der Waals surface area (Å²) in [6.45, 7) is 2.22. The Hall–Kier alpha value is -4.20. The van der Waals surface area contributed by atoms with Gasteiger partial charge in [0.1, 0.15) is 0 Å². The summed E-state index contributed by atoms with van der Waals surface area (Å²) >= 11 is 0. The molecule has 4 rings (SSSR count). The van der Waals surface area contributed by atoms with E-state index >= 15 is 0 Å². The van der Waals surface area contributed by atoms with Crippen LogP contribution in [0, 0.1) is 6.92 Å². The first-order valence-corrected chi connectivity index (χ1v) is 10.5. The third kappa shape index (κ3) is 4.69. The minimum Gasteiger partial charge on any atom is -0.462 e. The minimum absolute atomic E-state index is 0.143. The fraction of sp³-hybridized carbons (Fsp3) is 0.200. The molecule has 1 aliphatic heterocycles. The second kappa shape index (κ2) is 9.52. The number of esters is 1. The van der Waals surface area contributed by atoms with Crippen molar-refractivity contribution >= 4 is 29.4 Å². The summed E-state index contributed by atoms with van der Waals surface area (Å²) in [4.78, 5) is 50.6. The first kappa shape index (κ1) is 22.0. The van der Waals surface area contributed by atoms with Gasteiger partial charge >= 0.3 is 5.97 Å². The lowest BCUT2D eigenvalue weighted by molar-refractivity contribution is 0.0485. The van der Waals surface area contributed by atoms with Crippen LogP contribution in [0.1, 0.15) is 60.0 Å². The van der Waals surface area contributed by atoms with Crippen LogP contribution in [0.4, 0.5) is 5.69 Å². The molecule has 8 nitrogen and oxygen atoms in total. The standard InChI is InChI=1S/C25H22N2O6/c1-16-10-11-17(15-20(16)26-22(28)21-9-6-14-32-21)25(31)33-13-5-4-12-27-23(29)18-7-2-3-8-19(18)24(27)30/h2-3,6-11,14-15H,4-5,12-13H2,1H3,(H,26,28). The molecule has 168 valence electrons. The molecule has 0 saturated carbocycles. The zero-order valence-electron chi connectivity index (χ0n) is 18.0. The lowest BCUT2D eigenvalue weighted by Gasteiger charge is -2.13. The van der Waals surface area contributed by atoms with Gasteiger partial charge in [-0.3, -0.25) is 19.3 Å². The number of amides is 3. The topological polar surface area (TPSA) is 106 Å². The van der Waals surface area contributed by atoms with Gasteiger partial charge in [0.15, 0.2) is 5.76 Å². The number of fused-ring (bicyclic) bond motifs is 1. The molecule has 0 atom stereocenters. The van der Waals surface area contributed by atoms with Crippen LogP contribution in [-0.2, 0) is 4.74 Å². The van der Waals surface area contributed by atoms with E-state index in [1.54, 1.807) is 54.6 Å². The number of ether oxygens (including phenoxy) is 1. The van der Waals surface area contributed by atoms with Gasteiger partial charge in [-0.05, 0) is 61.7 Å². The van der Waals surface area contributed by atoms with Crippen molar-refractivity contribution in [2.45, 2.75) is 19.8 Å². The van der Waals surface area contributed by atoms with Gasteiger partial charge in [-0.15, -0.1) is 0 Å². The normalized spacial score (nSPS) is 12.6. The number of carbonyl (C=O) groups is 4. The van der Waals surface area contributed by atoms with Crippen LogP contribution < -0.4 is 5.32 Å². The van der Waals surface area contributed by atoms with E-state index < -0.39 is 11.9 Å². The molecule has 0 bridgehead atoms. The second-order valence-electron chi connectivity index (χ2n) is 7.61. The van der Waals surface area contributed by atoms with Gasteiger partial charge in [-0.2, -0.15) is 0 Å². The number of anilines is 1. The van der Waals surface area contributed by atoms with Crippen molar-refractivity contribution in [1.82, 2.24) is 4.90 Å². The number of imide groups is 1. The monoisotopic (exact) mass is 446 g/mol. The SMILES string of the molecule is Cc1ccc(C(=O)OCCCCN2C(=O)c3ccccc3C2=O)cc1NC(=O)c1ccco1. The van der Waals surface area contributed by atoms with Crippen LogP contribution in [0.25, 0.3) is 0 Å². The third-order valence-electron chi connectivity index (χ3n) is 5.35. The maximum atomic E-state index is 12.4. The number of furan rings is 1. The molecular weight excluding hydrogens is 424 g/mol. The van der Waals surface area contributed by atoms with Crippen LogP contribution in [0.5, 0.6) is 0 Å². The summed E-state index contributed by atoms with van der Waals surface area (Å²) in [7, 11) is 0. The molecule has 8 heteroatoms. The fourth-order valence-electron chi connectivity index (χ4n) is 3.54. The van der Waals surface area contributed by atoms with Gasteiger partial charge in [0, 0.05) is 12.2 Å². The van der Waals surface area contributed by atoms with E-state index in [1.165, 1.54) is 11.2 Å². The molecule has 1 aromatic heterocycles. The van der Waals surface area contributed by atoms with Crippen molar-refractivity contribution in [1.29, 1.82) is 0 Å². The average Bonchev–Trinajstić information content (AvgIpc) is 3.44. The number of carbonyl (C=O) groups excluding carboxylic acids is 4.